The molecular formula is C62H101NO3. The molecule has 1 amide bonds. The third-order valence-corrected chi connectivity index (χ3v) is 11.3. The fourth-order valence-electron chi connectivity index (χ4n) is 7.22. The van der Waals surface area contributed by atoms with Gasteiger partial charge >= 0.3 is 0 Å². The lowest BCUT2D eigenvalue weighted by Crippen LogP contribution is -2.45. The zero-order valence-corrected chi connectivity index (χ0v) is 42.6. The molecule has 0 aromatic rings. The molecule has 372 valence electrons. The van der Waals surface area contributed by atoms with Crippen LogP contribution in [0, 0.1) is 0 Å². The second kappa shape index (κ2) is 55.6. The van der Waals surface area contributed by atoms with E-state index in [0.717, 1.165) is 103 Å². The summed E-state index contributed by atoms with van der Waals surface area (Å²) in [6, 6.07) is -0.650. The van der Waals surface area contributed by atoms with Crippen LogP contribution in [-0.4, -0.2) is 34.9 Å². The first-order valence-electron chi connectivity index (χ1n) is 27.0. The van der Waals surface area contributed by atoms with E-state index in [0.29, 0.717) is 6.42 Å². The standard InChI is InChI=1S/C62H101NO3/c1-3-5-7-9-11-13-15-17-18-19-20-21-22-23-24-25-26-27-28-29-30-31-32-33-34-35-36-37-38-39-40-41-42-43-44-46-48-50-52-54-56-58-62(66)63-60(59-64)61(65)57-55-53-51-49-47-45-16-14-12-10-8-6-4-2/h5,7,11,13,17-18,20-21,23-24,26-27,29-30,32-33,35-36,38-39,47,49,55,57,60-61,64-65H,3-4,6,8-10,12,14-16,19,22,25,28,31,34,37,40-46,48,50-54,56,58-59H2,1-2H3,(H,63,66)/b7-5-,13-11-,18-17-,21-20-,24-23-,27-26-,30-29-,33-32-,36-35-,39-38-,49-47+,57-55+. The van der Waals surface area contributed by atoms with Crippen molar-refractivity contribution in [3.05, 3.63) is 146 Å². The number of carbonyl (C=O) groups excluding carboxylic acids is 1. The van der Waals surface area contributed by atoms with Crippen molar-refractivity contribution in [1.82, 2.24) is 5.32 Å². The quantitative estimate of drug-likeness (QED) is 0.0421. The highest BCUT2D eigenvalue weighted by Crippen LogP contribution is 2.13. The molecule has 2 atom stereocenters. The highest BCUT2D eigenvalue weighted by molar-refractivity contribution is 5.76. The van der Waals surface area contributed by atoms with E-state index in [1.807, 2.05) is 6.08 Å². The molecule has 0 aliphatic rings. The number of unbranched alkanes of at least 4 members (excludes halogenated alkanes) is 18. The Labute approximate surface area is 408 Å². The first-order chi connectivity index (χ1) is 32.7. The lowest BCUT2D eigenvalue weighted by atomic mass is 10.0. The van der Waals surface area contributed by atoms with E-state index in [9.17, 15) is 15.0 Å². The predicted octanol–water partition coefficient (Wildman–Crippen LogP) is 18.0. The fourth-order valence-corrected chi connectivity index (χ4v) is 7.22. The summed E-state index contributed by atoms with van der Waals surface area (Å²) in [5.74, 6) is -0.0858. The van der Waals surface area contributed by atoms with Gasteiger partial charge in [-0.2, -0.15) is 0 Å². The van der Waals surface area contributed by atoms with Crippen molar-refractivity contribution in [2.45, 2.75) is 231 Å². The molecule has 0 spiro atoms. The lowest BCUT2D eigenvalue weighted by molar-refractivity contribution is -0.123. The molecule has 4 nitrogen and oxygen atoms in total. The summed E-state index contributed by atoms with van der Waals surface area (Å²) in [6.45, 7) is 4.15. The molecule has 0 fully saturated rings. The van der Waals surface area contributed by atoms with E-state index in [-0.39, 0.29) is 12.5 Å². The Morgan fingerprint density at radius 2 is 0.682 bits per heavy atom. The minimum atomic E-state index is -0.872. The van der Waals surface area contributed by atoms with Gasteiger partial charge in [0.15, 0.2) is 0 Å². The monoisotopic (exact) mass is 908 g/mol. The van der Waals surface area contributed by atoms with Gasteiger partial charge in [-0.15, -0.1) is 0 Å². The summed E-state index contributed by atoms with van der Waals surface area (Å²) >= 11 is 0. The number of amides is 1. The van der Waals surface area contributed by atoms with E-state index in [4.69, 9.17) is 0 Å². The highest BCUT2D eigenvalue weighted by atomic mass is 16.3. The second-order valence-electron chi connectivity index (χ2n) is 17.6. The highest BCUT2D eigenvalue weighted by Gasteiger charge is 2.17. The van der Waals surface area contributed by atoms with E-state index >= 15 is 0 Å². The molecule has 0 radical (unpaired) electrons. The van der Waals surface area contributed by atoms with Crippen LogP contribution in [0.5, 0.6) is 0 Å². The molecule has 0 rings (SSSR count). The van der Waals surface area contributed by atoms with Crippen LogP contribution >= 0.6 is 0 Å². The first kappa shape index (κ1) is 62.3. The molecule has 0 aromatic heterocycles. The minimum Gasteiger partial charge on any atom is -0.394 e. The van der Waals surface area contributed by atoms with Crippen LogP contribution in [0.4, 0.5) is 0 Å². The molecule has 0 bridgehead atoms. The Hall–Kier alpha value is -3.73. The average molecular weight is 908 g/mol. The van der Waals surface area contributed by atoms with Gasteiger partial charge in [-0.25, -0.2) is 0 Å². The lowest BCUT2D eigenvalue weighted by Gasteiger charge is -2.19. The van der Waals surface area contributed by atoms with Gasteiger partial charge in [-0.1, -0.05) is 250 Å². The van der Waals surface area contributed by atoms with Gasteiger partial charge in [0.25, 0.3) is 0 Å². The molecule has 0 aliphatic heterocycles. The molecule has 0 aromatic carbocycles. The number of hydrogen-bond acceptors (Lipinski definition) is 3. The maximum atomic E-state index is 12.4. The Morgan fingerprint density at radius 3 is 1.06 bits per heavy atom. The Bertz CT molecular complexity index is 1400. The largest absolute Gasteiger partial charge is 0.394 e. The summed E-state index contributed by atoms with van der Waals surface area (Å²) in [5.41, 5.74) is 0. The summed E-state index contributed by atoms with van der Waals surface area (Å²) in [7, 11) is 0. The maximum Gasteiger partial charge on any atom is 0.220 e. The number of allylic oxidation sites excluding steroid dienone is 23. The Morgan fingerprint density at radius 1 is 0.379 bits per heavy atom. The topological polar surface area (TPSA) is 69.6 Å². The SMILES string of the molecule is CC/C=C\C/C=C\C/C=C\C/C=C\C/C=C\C/C=C\C/C=C\C/C=C\C/C=C\C/C=C\CCCCCCCCCCCCC(=O)NC(CO)C(O)/C=C/CC/C=C/CCCCCCCCC. The average Bonchev–Trinajstić information content (AvgIpc) is 3.32. The third kappa shape index (κ3) is 51.3. The van der Waals surface area contributed by atoms with Crippen molar-refractivity contribution in [1.29, 1.82) is 0 Å². The molecule has 0 saturated heterocycles. The van der Waals surface area contributed by atoms with Crippen LogP contribution < -0.4 is 5.32 Å². The molecule has 4 heteroatoms. The summed E-state index contributed by atoms with van der Waals surface area (Å²) in [6.07, 6.45) is 88.5. The summed E-state index contributed by atoms with van der Waals surface area (Å²) in [5, 5.41) is 23.0. The second-order valence-corrected chi connectivity index (χ2v) is 17.6. The molecule has 2 unspecified atom stereocenters. The molecule has 66 heavy (non-hydrogen) atoms. The predicted molar refractivity (Wildman–Crippen MR) is 294 cm³/mol. The number of aliphatic hydroxyl groups excluding tert-OH is 2. The van der Waals surface area contributed by atoms with Gasteiger partial charge in [0.05, 0.1) is 18.8 Å². The smallest absolute Gasteiger partial charge is 0.220 e. The number of hydrogen-bond donors (Lipinski definition) is 3. The van der Waals surface area contributed by atoms with Crippen LogP contribution in [0.15, 0.2) is 146 Å². The van der Waals surface area contributed by atoms with Crippen molar-refractivity contribution >= 4 is 5.91 Å². The Kier molecular flexibility index (Phi) is 52.5. The summed E-state index contributed by atoms with van der Waals surface area (Å²) in [4.78, 5) is 12.4. The van der Waals surface area contributed by atoms with Crippen LogP contribution in [0.3, 0.4) is 0 Å². The van der Waals surface area contributed by atoms with Crippen LogP contribution in [0.2, 0.25) is 0 Å². The van der Waals surface area contributed by atoms with E-state index < -0.39 is 12.1 Å². The van der Waals surface area contributed by atoms with Gasteiger partial charge in [-0.05, 0) is 109 Å². The van der Waals surface area contributed by atoms with E-state index in [1.54, 1.807) is 6.08 Å². The zero-order chi connectivity index (χ0) is 47.7. The number of rotatable bonds is 47. The van der Waals surface area contributed by atoms with Crippen LogP contribution in [-0.2, 0) is 4.79 Å². The molecule has 0 heterocycles. The van der Waals surface area contributed by atoms with Crippen molar-refractivity contribution < 1.29 is 15.0 Å². The number of nitrogens with one attached hydrogen (secondary N) is 1. The van der Waals surface area contributed by atoms with E-state index in [1.165, 1.54) is 96.3 Å². The Balaban J connectivity index is 3.64. The van der Waals surface area contributed by atoms with Crippen molar-refractivity contribution in [2.75, 3.05) is 6.61 Å². The molecular weight excluding hydrogens is 807 g/mol. The fraction of sp³-hybridized carbons (Fsp3) is 0.597. The van der Waals surface area contributed by atoms with Crippen LogP contribution in [0.25, 0.3) is 0 Å². The molecule has 3 N–H and O–H groups in total. The minimum absolute atomic E-state index is 0.0858. The van der Waals surface area contributed by atoms with Crippen molar-refractivity contribution in [2.24, 2.45) is 0 Å². The normalized spacial score (nSPS) is 14.1. The summed E-state index contributed by atoms with van der Waals surface area (Å²) < 4.78 is 0. The van der Waals surface area contributed by atoms with Gasteiger partial charge in [0.1, 0.15) is 0 Å². The van der Waals surface area contributed by atoms with Gasteiger partial charge < -0.3 is 15.5 Å². The van der Waals surface area contributed by atoms with Crippen molar-refractivity contribution in [3.63, 3.8) is 0 Å². The van der Waals surface area contributed by atoms with Gasteiger partial charge in [0, 0.05) is 6.42 Å². The number of carbonyl (C=O) groups is 1. The number of aliphatic hydroxyl groups is 2. The molecule has 0 saturated carbocycles. The van der Waals surface area contributed by atoms with E-state index in [2.05, 4.69) is 153 Å². The zero-order valence-electron chi connectivity index (χ0n) is 42.6. The van der Waals surface area contributed by atoms with Gasteiger partial charge in [-0.3, -0.25) is 4.79 Å². The maximum absolute atomic E-state index is 12.4. The third-order valence-electron chi connectivity index (χ3n) is 11.3. The van der Waals surface area contributed by atoms with Crippen molar-refractivity contribution in [3.8, 4) is 0 Å². The molecule has 0 aliphatic carbocycles. The van der Waals surface area contributed by atoms with Crippen LogP contribution in [0.1, 0.15) is 219 Å². The van der Waals surface area contributed by atoms with Gasteiger partial charge in [0.2, 0.25) is 5.91 Å². The first-order valence-corrected chi connectivity index (χ1v) is 27.0.